The van der Waals surface area contributed by atoms with Gasteiger partial charge in [-0.05, 0) is 12.8 Å². The average Bonchev–Trinajstić information content (AvgIpc) is 3.31. The van der Waals surface area contributed by atoms with E-state index in [1.54, 1.807) is 12.1 Å². The zero-order valence-electron chi connectivity index (χ0n) is 11.1. The predicted octanol–water partition coefficient (Wildman–Crippen LogP) is 4.00. The van der Waals surface area contributed by atoms with Crippen molar-refractivity contribution in [1.29, 1.82) is 0 Å². The van der Waals surface area contributed by atoms with Gasteiger partial charge in [-0.1, -0.05) is 24.3 Å². The fraction of sp³-hybridized carbons (Fsp3) is 0.333. The first kappa shape index (κ1) is 13.0. The Morgan fingerprint density at radius 1 is 1.15 bits per heavy atom. The molecule has 3 nitrogen and oxygen atoms in total. The van der Waals surface area contributed by atoms with Gasteiger partial charge in [0.15, 0.2) is 5.82 Å². The molecular formula is C15H15F2N3. The highest BCUT2D eigenvalue weighted by molar-refractivity contribution is 5.58. The molecule has 0 spiro atoms. The van der Waals surface area contributed by atoms with Crippen LogP contribution in [-0.4, -0.2) is 17.0 Å². The number of nitrogens with one attached hydrogen (secondary N) is 1. The maximum Gasteiger partial charge on any atom is 0.263 e. The SMILES string of the molecule is CNc1cc(C2CC2)nc(-c2ccc(C(F)F)cc2)n1. The van der Waals surface area contributed by atoms with Gasteiger partial charge in [0, 0.05) is 35.9 Å². The molecule has 0 amide bonds. The van der Waals surface area contributed by atoms with Crippen LogP contribution >= 0.6 is 0 Å². The van der Waals surface area contributed by atoms with Gasteiger partial charge in [-0.15, -0.1) is 0 Å². The lowest BCUT2D eigenvalue weighted by molar-refractivity contribution is 0.151. The number of rotatable bonds is 4. The van der Waals surface area contributed by atoms with Gasteiger partial charge in [0.1, 0.15) is 5.82 Å². The van der Waals surface area contributed by atoms with E-state index in [-0.39, 0.29) is 5.56 Å². The molecule has 1 aliphatic carbocycles. The first-order chi connectivity index (χ1) is 9.67. The molecule has 20 heavy (non-hydrogen) atoms. The maximum absolute atomic E-state index is 12.6. The summed E-state index contributed by atoms with van der Waals surface area (Å²) in [6.45, 7) is 0. The Kier molecular flexibility index (Phi) is 3.34. The van der Waals surface area contributed by atoms with Gasteiger partial charge in [-0.3, -0.25) is 0 Å². The molecule has 0 aliphatic heterocycles. The highest BCUT2D eigenvalue weighted by Crippen LogP contribution is 2.40. The first-order valence-electron chi connectivity index (χ1n) is 6.62. The van der Waals surface area contributed by atoms with Crippen molar-refractivity contribution >= 4 is 5.82 Å². The van der Waals surface area contributed by atoms with E-state index in [0.29, 0.717) is 11.7 Å². The fourth-order valence-electron chi connectivity index (χ4n) is 2.09. The van der Waals surface area contributed by atoms with Crippen LogP contribution in [0.3, 0.4) is 0 Å². The van der Waals surface area contributed by atoms with E-state index in [0.717, 1.165) is 29.9 Å². The van der Waals surface area contributed by atoms with Crippen molar-refractivity contribution in [3.05, 3.63) is 41.6 Å². The molecule has 0 bridgehead atoms. The molecule has 104 valence electrons. The smallest absolute Gasteiger partial charge is 0.263 e. The second kappa shape index (κ2) is 5.15. The van der Waals surface area contributed by atoms with Crippen molar-refractivity contribution in [3.8, 4) is 11.4 Å². The molecule has 1 aliphatic rings. The summed E-state index contributed by atoms with van der Waals surface area (Å²) in [5, 5.41) is 3.02. The predicted molar refractivity (Wildman–Crippen MR) is 73.9 cm³/mol. The molecule has 3 rings (SSSR count). The Hall–Kier alpha value is -2.04. The summed E-state index contributed by atoms with van der Waals surface area (Å²) < 4.78 is 25.1. The third-order valence-electron chi connectivity index (χ3n) is 3.42. The molecule has 1 saturated carbocycles. The normalized spacial score (nSPS) is 14.6. The van der Waals surface area contributed by atoms with E-state index in [1.807, 2.05) is 13.1 Å². The quantitative estimate of drug-likeness (QED) is 0.916. The second-order valence-electron chi connectivity index (χ2n) is 4.95. The van der Waals surface area contributed by atoms with Crippen LogP contribution in [0.5, 0.6) is 0 Å². The van der Waals surface area contributed by atoms with Crippen molar-refractivity contribution in [3.63, 3.8) is 0 Å². The summed E-state index contributed by atoms with van der Waals surface area (Å²) in [6, 6.07) is 8.09. The topological polar surface area (TPSA) is 37.8 Å². The van der Waals surface area contributed by atoms with Crippen LogP contribution in [0.25, 0.3) is 11.4 Å². The molecule has 0 atom stereocenters. The van der Waals surface area contributed by atoms with Crippen molar-refractivity contribution < 1.29 is 8.78 Å². The zero-order chi connectivity index (χ0) is 14.1. The molecular weight excluding hydrogens is 260 g/mol. The number of alkyl halides is 2. The highest BCUT2D eigenvalue weighted by atomic mass is 19.3. The Morgan fingerprint density at radius 3 is 2.40 bits per heavy atom. The van der Waals surface area contributed by atoms with E-state index in [1.165, 1.54) is 12.1 Å². The van der Waals surface area contributed by atoms with Crippen LogP contribution < -0.4 is 5.32 Å². The molecule has 1 fully saturated rings. The summed E-state index contributed by atoms with van der Waals surface area (Å²) in [7, 11) is 1.81. The Morgan fingerprint density at radius 2 is 1.85 bits per heavy atom. The third-order valence-corrected chi connectivity index (χ3v) is 3.42. The lowest BCUT2D eigenvalue weighted by atomic mass is 10.1. The summed E-state index contributed by atoms with van der Waals surface area (Å²) in [4.78, 5) is 8.95. The number of halogens is 2. The maximum atomic E-state index is 12.6. The van der Waals surface area contributed by atoms with E-state index in [4.69, 9.17) is 0 Å². The van der Waals surface area contributed by atoms with Gasteiger partial charge < -0.3 is 5.32 Å². The Labute approximate surface area is 116 Å². The summed E-state index contributed by atoms with van der Waals surface area (Å²) in [6.07, 6.45) is -0.135. The molecule has 0 saturated heterocycles. The molecule has 1 aromatic carbocycles. The minimum atomic E-state index is -2.45. The van der Waals surface area contributed by atoms with Crippen LogP contribution in [0.1, 0.15) is 36.4 Å². The largest absolute Gasteiger partial charge is 0.373 e. The Bertz CT molecular complexity index is 607. The average molecular weight is 275 g/mol. The van der Waals surface area contributed by atoms with Crippen molar-refractivity contribution in [2.75, 3.05) is 12.4 Å². The van der Waals surface area contributed by atoms with Crippen molar-refractivity contribution in [1.82, 2.24) is 9.97 Å². The standard InChI is InChI=1S/C15H15F2N3/c1-18-13-8-12(9-2-3-9)19-15(20-13)11-6-4-10(5-7-11)14(16)17/h4-9,14H,2-3H2,1H3,(H,18,19,20). The molecule has 0 radical (unpaired) electrons. The van der Waals surface area contributed by atoms with Gasteiger partial charge in [0.25, 0.3) is 6.43 Å². The van der Waals surface area contributed by atoms with E-state index >= 15 is 0 Å². The number of benzene rings is 1. The van der Waals surface area contributed by atoms with Crippen LogP contribution in [0.15, 0.2) is 30.3 Å². The Balaban J connectivity index is 1.97. The monoisotopic (exact) mass is 275 g/mol. The number of aromatic nitrogens is 2. The fourth-order valence-corrected chi connectivity index (χ4v) is 2.09. The number of anilines is 1. The van der Waals surface area contributed by atoms with Crippen LogP contribution in [0, 0.1) is 0 Å². The van der Waals surface area contributed by atoms with E-state index in [9.17, 15) is 8.78 Å². The molecule has 2 aromatic rings. The molecule has 1 heterocycles. The van der Waals surface area contributed by atoms with Crippen LogP contribution in [-0.2, 0) is 0 Å². The number of nitrogens with zero attached hydrogens (tertiary/aromatic N) is 2. The van der Waals surface area contributed by atoms with Gasteiger partial charge >= 0.3 is 0 Å². The van der Waals surface area contributed by atoms with E-state index in [2.05, 4.69) is 15.3 Å². The second-order valence-corrected chi connectivity index (χ2v) is 4.95. The summed E-state index contributed by atoms with van der Waals surface area (Å²) in [5.74, 6) is 1.86. The van der Waals surface area contributed by atoms with Crippen LogP contribution in [0.4, 0.5) is 14.6 Å². The van der Waals surface area contributed by atoms with Crippen molar-refractivity contribution in [2.45, 2.75) is 25.2 Å². The van der Waals surface area contributed by atoms with E-state index < -0.39 is 6.43 Å². The zero-order valence-corrected chi connectivity index (χ0v) is 11.1. The minimum Gasteiger partial charge on any atom is -0.373 e. The van der Waals surface area contributed by atoms with Gasteiger partial charge in [-0.25, -0.2) is 18.7 Å². The third kappa shape index (κ3) is 2.61. The van der Waals surface area contributed by atoms with Gasteiger partial charge in [0.2, 0.25) is 0 Å². The number of hydrogen-bond donors (Lipinski definition) is 1. The summed E-state index contributed by atoms with van der Waals surface area (Å²) in [5.41, 5.74) is 1.80. The van der Waals surface area contributed by atoms with Crippen LogP contribution in [0.2, 0.25) is 0 Å². The lowest BCUT2D eigenvalue weighted by Crippen LogP contribution is -2.00. The highest BCUT2D eigenvalue weighted by Gasteiger charge is 2.26. The lowest BCUT2D eigenvalue weighted by Gasteiger charge is -2.08. The number of hydrogen-bond acceptors (Lipinski definition) is 3. The van der Waals surface area contributed by atoms with Gasteiger partial charge in [-0.2, -0.15) is 0 Å². The molecule has 0 unspecified atom stereocenters. The molecule has 5 heteroatoms. The summed E-state index contributed by atoms with van der Waals surface area (Å²) >= 11 is 0. The van der Waals surface area contributed by atoms with Crippen molar-refractivity contribution in [2.24, 2.45) is 0 Å². The minimum absolute atomic E-state index is 0.0148. The molecule has 1 aromatic heterocycles. The van der Waals surface area contributed by atoms with Gasteiger partial charge in [0.05, 0.1) is 0 Å². The first-order valence-corrected chi connectivity index (χ1v) is 6.62. The molecule has 1 N–H and O–H groups in total.